The van der Waals surface area contributed by atoms with Crippen LogP contribution >= 0.6 is 0 Å². The fourth-order valence-electron chi connectivity index (χ4n) is 5.96. The molecule has 0 amide bonds. The summed E-state index contributed by atoms with van der Waals surface area (Å²) in [6.45, 7) is 2.46. The number of allylic oxidation sites excluding steroid dienone is 2. The number of Topliss-reactive ketones (excluding diaryl/α,β-unsaturated/α-hetero) is 1. The van der Waals surface area contributed by atoms with Gasteiger partial charge >= 0.3 is 5.97 Å². The Bertz CT molecular complexity index is 781. The van der Waals surface area contributed by atoms with E-state index < -0.39 is 35.5 Å². The van der Waals surface area contributed by atoms with Gasteiger partial charge in [0.05, 0.1) is 12.2 Å². The summed E-state index contributed by atoms with van der Waals surface area (Å²) in [5.41, 5.74) is 0.249. The van der Waals surface area contributed by atoms with Gasteiger partial charge in [-0.15, -0.1) is 0 Å². The van der Waals surface area contributed by atoms with Crippen LogP contribution in [-0.4, -0.2) is 62.8 Å². The molecule has 2 heterocycles. The maximum Gasteiger partial charge on any atom is 0.303 e. The molecular formula is C26H41NO7. The zero-order chi connectivity index (χ0) is 24.8. The van der Waals surface area contributed by atoms with E-state index in [2.05, 4.69) is 17.5 Å². The molecule has 2 aliphatic heterocycles. The summed E-state index contributed by atoms with van der Waals surface area (Å²) in [5.74, 6) is -2.71. The Morgan fingerprint density at radius 3 is 2.71 bits per heavy atom. The maximum absolute atomic E-state index is 12.9. The number of unbranched alkanes of at least 4 members (excludes halogenated alkanes) is 4. The van der Waals surface area contributed by atoms with Crippen LogP contribution in [0.1, 0.15) is 84.0 Å². The first kappa shape index (κ1) is 26.9. The summed E-state index contributed by atoms with van der Waals surface area (Å²) < 4.78 is 6.11. The number of β-amino-alcohol motifs (C(OH)–C–C–N with tert-alkyl or cyclic N) is 1. The number of aliphatic hydroxyl groups is 3. The molecule has 2 fully saturated rings. The molecule has 2 bridgehead atoms. The topological polar surface area (TPSA) is 136 Å². The number of hydrogen-bond donors (Lipinski definition) is 5. The molecule has 1 unspecified atom stereocenters. The molecule has 0 aromatic heterocycles. The molecule has 6 atom stereocenters. The van der Waals surface area contributed by atoms with Gasteiger partial charge in [-0.2, -0.15) is 0 Å². The molecule has 8 nitrogen and oxygen atoms in total. The van der Waals surface area contributed by atoms with Crippen LogP contribution in [0.25, 0.3) is 0 Å². The monoisotopic (exact) mass is 479 g/mol. The van der Waals surface area contributed by atoms with Crippen molar-refractivity contribution in [2.75, 3.05) is 6.54 Å². The summed E-state index contributed by atoms with van der Waals surface area (Å²) in [5, 5.41) is 44.6. The normalized spacial score (nSPS) is 33.3. The zero-order valence-corrected chi connectivity index (χ0v) is 20.2. The highest BCUT2D eigenvalue weighted by Crippen LogP contribution is 2.58. The van der Waals surface area contributed by atoms with Crippen molar-refractivity contribution in [1.29, 1.82) is 0 Å². The lowest BCUT2D eigenvalue weighted by atomic mass is 9.59. The fourth-order valence-corrected chi connectivity index (χ4v) is 5.96. The van der Waals surface area contributed by atoms with Crippen LogP contribution in [-0.2, 0) is 14.3 Å². The molecule has 34 heavy (non-hydrogen) atoms. The third-order valence-corrected chi connectivity index (χ3v) is 7.69. The number of carbonyl (C=O) groups is 2. The van der Waals surface area contributed by atoms with Crippen molar-refractivity contribution in [1.82, 2.24) is 5.32 Å². The highest BCUT2D eigenvalue weighted by atomic mass is 16.6. The molecule has 1 spiro atoms. The molecule has 5 N–H and O–H groups in total. The molecule has 0 aromatic rings. The molecular weight excluding hydrogens is 438 g/mol. The lowest BCUT2D eigenvalue weighted by Gasteiger charge is -2.55. The van der Waals surface area contributed by atoms with E-state index in [0.29, 0.717) is 45.1 Å². The van der Waals surface area contributed by atoms with Crippen molar-refractivity contribution >= 4 is 11.8 Å². The maximum atomic E-state index is 12.9. The van der Waals surface area contributed by atoms with E-state index in [1.54, 1.807) is 0 Å². The summed E-state index contributed by atoms with van der Waals surface area (Å²) in [4.78, 5) is 23.5. The third-order valence-electron chi connectivity index (χ3n) is 7.69. The number of fused-ring (bicyclic) bond motifs is 1. The summed E-state index contributed by atoms with van der Waals surface area (Å²) in [7, 11) is 0. The molecule has 192 valence electrons. The second-order valence-corrected chi connectivity index (χ2v) is 10.1. The number of nitrogens with one attached hydrogen (secondary N) is 1. The SMILES string of the molecule is CC/C=C\C[C@@H]1[C@H](CC(=O)[C@H](O)CCCCCCCC(=O)O)O[C@]2(O)CC=C3NC[C@H](O)C31C2. The van der Waals surface area contributed by atoms with Gasteiger partial charge in [-0.05, 0) is 25.7 Å². The second-order valence-electron chi connectivity index (χ2n) is 10.1. The van der Waals surface area contributed by atoms with Gasteiger partial charge in [-0.25, -0.2) is 0 Å². The van der Waals surface area contributed by atoms with E-state index in [9.17, 15) is 24.9 Å². The Hall–Kier alpha value is -1.74. The second kappa shape index (κ2) is 11.8. The number of ketones is 1. The van der Waals surface area contributed by atoms with Gasteiger partial charge < -0.3 is 30.5 Å². The van der Waals surface area contributed by atoms with Gasteiger partial charge in [-0.3, -0.25) is 9.59 Å². The summed E-state index contributed by atoms with van der Waals surface area (Å²) >= 11 is 0. The van der Waals surface area contributed by atoms with E-state index in [4.69, 9.17) is 9.84 Å². The number of rotatable bonds is 14. The number of ether oxygens (including phenoxy) is 1. The van der Waals surface area contributed by atoms with Gasteiger partial charge in [0.1, 0.15) is 6.10 Å². The predicted octanol–water partition coefficient (Wildman–Crippen LogP) is 2.81. The minimum absolute atomic E-state index is 0.00549. The van der Waals surface area contributed by atoms with Crippen LogP contribution in [0.3, 0.4) is 0 Å². The van der Waals surface area contributed by atoms with Crippen molar-refractivity contribution in [3.8, 4) is 0 Å². The minimum Gasteiger partial charge on any atom is -0.481 e. The van der Waals surface area contributed by atoms with Crippen molar-refractivity contribution in [3.63, 3.8) is 0 Å². The van der Waals surface area contributed by atoms with Gasteiger partial charge in [0.2, 0.25) is 0 Å². The van der Waals surface area contributed by atoms with E-state index in [1.165, 1.54) is 0 Å². The molecule has 0 radical (unpaired) electrons. The third kappa shape index (κ3) is 6.08. The predicted molar refractivity (Wildman–Crippen MR) is 127 cm³/mol. The first-order valence-corrected chi connectivity index (χ1v) is 12.8. The molecule has 1 aliphatic carbocycles. The van der Waals surface area contributed by atoms with Crippen molar-refractivity contribution in [3.05, 3.63) is 23.9 Å². The van der Waals surface area contributed by atoms with Crippen LogP contribution in [0.5, 0.6) is 0 Å². The molecule has 3 rings (SSSR count). The number of aliphatic hydroxyl groups excluding tert-OH is 2. The Morgan fingerprint density at radius 1 is 1.24 bits per heavy atom. The fraction of sp³-hybridized carbons (Fsp3) is 0.769. The standard InChI is InChI=1S/C26H41NO7/c1-2-3-7-10-18-21(15-20(29)19(28)11-8-5-4-6-9-12-24(31)32)34-25(33)14-13-22-26(18,17-25)23(30)16-27-22/h3,7,13,18-19,21,23,27-28,30,33H,2,4-6,8-12,14-17H2,1H3,(H,31,32)/b7-3-/t18-,19-,21+,23+,25-,26?/m1/s1. The highest BCUT2D eigenvalue weighted by molar-refractivity contribution is 5.83. The number of carboxylic acid groups (broad SMARTS) is 1. The quantitative estimate of drug-likeness (QED) is 0.190. The van der Waals surface area contributed by atoms with Gasteiger partial charge in [-0.1, -0.05) is 50.8 Å². The summed E-state index contributed by atoms with van der Waals surface area (Å²) in [6, 6.07) is 0. The number of carboxylic acids is 1. The van der Waals surface area contributed by atoms with Crippen LogP contribution < -0.4 is 5.32 Å². The van der Waals surface area contributed by atoms with Crippen LogP contribution in [0.2, 0.25) is 0 Å². The molecule has 3 aliphatic rings. The minimum atomic E-state index is -1.42. The van der Waals surface area contributed by atoms with E-state index in [1.807, 2.05) is 13.0 Å². The number of aliphatic carboxylic acids is 1. The highest BCUT2D eigenvalue weighted by Gasteiger charge is 2.63. The van der Waals surface area contributed by atoms with Crippen molar-refractivity contribution < 1.29 is 34.8 Å². The van der Waals surface area contributed by atoms with E-state index in [-0.39, 0.29) is 24.5 Å². The smallest absolute Gasteiger partial charge is 0.303 e. The lowest BCUT2D eigenvalue weighted by Crippen LogP contribution is -2.60. The average molecular weight is 480 g/mol. The Labute approximate surface area is 202 Å². The van der Waals surface area contributed by atoms with Crippen LogP contribution in [0, 0.1) is 11.3 Å². The van der Waals surface area contributed by atoms with Crippen molar-refractivity contribution in [2.45, 2.75) is 108 Å². The average Bonchev–Trinajstić information content (AvgIpc) is 3.09. The Morgan fingerprint density at radius 2 is 1.97 bits per heavy atom. The number of carbonyl (C=O) groups excluding carboxylic acids is 1. The summed E-state index contributed by atoms with van der Waals surface area (Å²) in [6.07, 6.45) is 10.1. The molecule has 0 saturated carbocycles. The first-order chi connectivity index (χ1) is 16.2. The number of hydrogen-bond acceptors (Lipinski definition) is 7. The largest absolute Gasteiger partial charge is 0.481 e. The zero-order valence-electron chi connectivity index (χ0n) is 20.2. The van der Waals surface area contributed by atoms with E-state index in [0.717, 1.165) is 31.4 Å². The van der Waals surface area contributed by atoms with Gasteiger partial charge in [0.15, 0.2) is 11.6 Å². The van der Waals surface area contributed by atoms with Crippen LogP contribution in [0.4, 0.5) is 0 Å². The lowest BCUT2D eigenvalue weighted by molar-refractivity contribution is -0.304. The molecule has 8 heteroatoms. The van der Waals surface area contributed by atoms with Gasteiger partial charge in [0, 0.05) is 49.3 Å². The van der Waals surface area contributed by atoms with Crippen molar-refractivity contribution in [2.24, 2.45) is 11.3 Å². The van der Waals surface area contributed by atoms with Crippen LogP contribution in [0.15, 0.2) is 23.9 Å². The Balaban J connectivity index is 1.61. The first-order valence-electron chi connectivity index (χ1n) is 12.8. The van der Waals surface area contributed by atoms with E-state index >= 15 is 0 Å². The van der Waals surface area contributed by atoms with Gasteiger partial charge in [0.25, 0.3) is 0 Å². The molecule has 0 aromatic carbocycles. The molecule has 2 saturated heterocycles. The Kier molecular flexibility index (Phi) is 9.32.